The number of halogens is 1. The van der Waals surface area contributed by atoms with Gasteiger partial charge in [0.2, 0.25) is 0 Å². The summed E-state index contributed by atoms with van der Waals surface area (Å²) >= 11 is 5.62. The molecule has 3 heteroatoms. The predicted molar refractivity (Wildman–Crippen MR) is 48.8 cm³/mol. The maximum atomic E-state index is 5.62. The summed E-state index contributed by atoms with van der Waals surface area (Å²) in [5, 5.41) is 4.48. The maximum absolute atomic E-state index is 5.62. The van der Waals surface area contributed by atoms with Gasteiger partial charge in [0.15, 0.2) is 0 Å². The third-order valence-corrected chi connectivity index (χ3v) is 2.98. The molecule has 0 saturated heterocycles. The van der Waals surface area contributed by atoms with Crippen molar-refractivity contribution < 1.29 is 0 Å². The summed E-state index contributed by atoms with van der Waals surface area (Å²) in [6.07, 6.45) is 10.0. The van der Waals surface area contributed by atoms with Gasteiger partial charge in [0, 0.05) is 11.7 Å². The smallest absolute Gasteiger partial charge is 0.0917 e. The fourth-order valence-electron chi connectivity index (χ4n) is 0.752. The lowest BCUT2D eigenvalue weighted by molar-refractivity contribution is 1.16. The van der Waals surface area contributed by atoms with E-state index in [9.17, 15) is 0 Å². The van der Waals surface area contributed by atoms with Crippen molar-refractivity contribution in [3.05, 3.63) is 35.8 Å². The zero-order valence-electron chi connectivity index (χ0n) is 5.68. The Morgan fingerprint density at radius 2 is 2.30 bits per heavy atom. The van der Waals surface area contributed by atoms with E-state index in [0.717, 1.165) is 5.50 Å². The van der Waals surface area contributed by atoms with Crippen LogP contribution in [-0.4, -0.2) is 15.0 Å². The second-order valence-electron chi connectivity index (χ2n) is 2.02. The molecular weight excluding hydrogens is 162 g/mol. The van der Waals surface area contributed by atoms with Crippen molar-refractivity contribution >= 4 is 21.1 Å². The van der Waals surface area contributed by atoms with E-state index in [1.165, 1.54) is 5.32 Å². The van der Waals surface area contributed by atoms with Gasteiger partial charge < -0.3 is 5.32 Å². The highest BCUT2D eigenvalue weighted by Gasteiger charge is 1.92. The van der Waals surface area contributed by atoms with E-state index in [-0.39, 0.29) is 9.52 Å². The first-order chi connectivity index (χ1) is 4.93. The van der Waals surface area contributed by atoms with Gasteiger partial charge in [0.25, 0.3) is 0 Å². The van der Waals surface area contributed by atoms with Crippen LogP contribution in [0.2, 0.25) is 0 Å². The van der Waals surface area contributed by atoms with E-state index in [0.29, 0.717) is 0 Å². The Morgan fingerprint density at radius 3 is 3.10 bits per heavy atom. The van der Waals surface area contributed by atoms with Crippen LogP contribution in [-0.2, 0) is 0 Å². The highest BCUT2D eigenvalue weighted by atomic mass is 35.5. The van der Waals surface area contributed by atoms with Gasteiger partial charge in [-0.05, 0) is 17.5 Å². The first-order valence-corrected chi connectivity index (χ1v) is 5.52. The fourth-order valence-corrected chi connectivity index (χ4v) is 2.13. The topological polar surface area (TPSA) is 12.0 Å². The van der Waals surface area contributed by atoms with Gasteiger partial charge in [-0.15, -0.1) is 11.6 Å². The van der Waals surface area contributed by atoms with Gasteiger partial charge in [-0.25, -0.2) is 0 Å². The minimum Gasteiger partial charge on any atom is -0.369 e. The van der Waals surface area contributed by atoms with Gasteiger partial charge in [-0.3, -0.25) is 0 Å². The van der Waals surface area contributed by atoms with Crippen molar-refractivity contribution in [1.29, 1.82) is 0 Å². The lowest BCUT2D eigenvalue weighted by Crippen LogP contribution is -2.12. The molecule has 1 rings (SSSR count). The first-order valence-electron chi connectivity index (χ1n) is 3.28. The molecule has 0 fully saturated rings. The van der Waals surface area contributed by atoms with E-state index >= 15 is 0 Å². The molecule has 0 saturated carbocycles. The van der Waals surface area contributed by atoms with Crippen molar-refractivity contribution in [2.24, 2.45) is 0 Å². The number of hydrogen-bond donors (Lipinski definition) is 1. The first kappa shape index (κ1) is 7.63. The highest BCUT2D eigenvalue weighted by molar-refractivity contribution is 6.56. The third-order valence-electron chi connectivity index (χ3n) is 1.25. The van der Waals surface area contributed by atoms with Crippen molar-refractivity contribution in [2.75, 3.05) is 5.50 Å². The lowest BCUT2D eigenvalue weighted by atomic mass is 10.5. The van der Waals surface area contributed by atoms with Crippen molar-refractivity contribution in [3.63, 3.8) is 0 Å². The number of alkyl halides is 1. The Kier molecular flexibility index (Phi) is 3.33. The average Bonchev–Trinajstić information content (AvgIpc) is 2.17. The van der Waals surface area contributed by atoms with E-state index in [1.54, 1.807) is 0 Å². The molecule has 54 valence electrons. The minimum atomic E-state index is -0.233. The molecule has 0 unspecified atom stereocenters. The summed E-state index contributed by atoms with van der Waals surface area (Å²) in [5.41, 5.74) is 0.806. The third kappa shape index (κ3) is 2.41. The molecule has 0 radical (unpaired) electrons. The molecule has 0 aromatic heterocycles. The van der Waals surface area contributed by atoms with Gasteiger partial charge in [-0.1, -0.05) is 12.2 Å². The van der Waals surface area contributed by atoms with Crippen molar-refractivity contribution in [1.82, 2.24) is 5.32 Å². The Hall–Kier alpha value is -0.473. The molecule has 10 heavy (non-hydrogen) atoms. The van der Waals surface area contributed by atoms with Crippen LogP contribution in [0.4, 0.5) is 0 Å². The van der Waals surface area contributed by atoms with Crippen molar-refractivity contribution in [2.45, 2.75) is 0 Å². The summed E-state index contributed by atoms with van der Waals surface area (Å²) in [6.45, 7) is 0. The molecular formula is C7H10ClNSi. The number of rotatable bonds is 2. The second kappa shape index (κ2) is 4.36. The molecule has 0 atom stereocenters. The number of allylic oxidation sites excluding steroid dienone is 4. The Morgan fingerprint density at radius 1 is 1.40 bits per heavy atom. The molecule has 1 heterocycles. The molecule has 0 aromatic rings. The highest BCUT2D eigenvalue weighted by Crippen LogP contribution is 1.93. The summed E-state index contributed by atoms with van der Waals surface area (Å²) in [4.78, 5) is 0. The summed E-state index contributed by atoms with van der Waals surface area (Å²) < 4.78 is 0. The average molecular weight is 172 g/mol. The summed E-state index contributed by atoms with van der Waals surface area (Å²) in [7, 11) is -0.233. The monoisotopic (exact) mass is 171 g/mol. The second-order valence-corrected chi connectivity index (χ2v) is 4.79. The standard InChI is InChI=1S/C7H10ClNSi/c8-6-10-7-4-2-1-3-5-9-7/h1-5,9H,6,10H2. The largest absolute Gasteiger partial charge is 0.369 e. The van der Waals surface area contributed by atoms with Gasteiger partial charge in [0.05, 0.1) is 9.52 Å². The predicted octanol–water partition coefficient (Wildman–Crippen LogP) is 0.866. The van der Waals surface area contributed by atoms with Gasteiger partial charge in [0.1, 0.15) is 0 Å². The summed E-state index contributed by atoms with van der Waals surface area (Å²) in [5.74, 6) is 0. The molecule has 1 N–H and O–H groups in total. The lowest BCUT2D eigenvalue weighted by Gasteiger charge is -2.00. The van der Waals surface area contributed by atoms with E-state index in [1.807, 2.05) is 24.4 Å². The Balaban J connectivity index is 2.50. The van der Waals surface area contributed by atoms with Crippen LogP contribution >= 0.6 is 11.6 Å². The maximum Gasteiger partial charge on any atom is 0.0917 e. The molecule has 1 nitrogen and oxygen atoms in total. The Labute approximate surface area is 68.3 Å². The van der Waals surface area contributed by atoms with Crippen LogP contribution in [0.3, 0.4) is 0 Å². The molecule has 0 amide bonds. The van der Waals surface area contributed by atoms with Crippen LogP contribution in [0.5, 0.6) is 0 Å². The van der Waals surface area contributed by atoms with Crippen LogP contribution in [0.1, 0.15) is 0 Å². The minimum absolute atomic E-state index is 0.233. The SMILES string of the molecule is ClC[SiH2]C1=CC=CC=CN1. The quantitative estimate of drug-likeness (QED) is 0.480. The molecule has 0 bridgehead atoms. The molecule has 1 aliphatic rings. The van der Waals surface area contributed by atoms with E-state index < -0.39 is 0 Å². The molecule has 0 aliphatic carbocycles. The molecule has 1 aliphatic heterocycles. The van der Waals surface area contributed by atoms with Gasteiger partial charge in [-0.2, -0.15) is 0 Å². The van der Waals surface area contributed by atoms with Crippen LogP contribution in [0.25, 0.3) is 0 Å². The van der Waals surface area contributed by atoms with Crippen LogP contribution in [0, 0.1) is 0 Å². The molecule has 0 aromatic carbocycles. The van der Waals surface area contributed by atoms with Crippen LogP contribution in [0.15, 0.2) is 35.8 Å². The normalized spacial score (nSPS) is 17.1. The number of nitrogens with one attached hydrogen (secondary N) is 1. The Bertz CT molecular complexity index is 184. The van der Waals surface area contributed by atoms with Gasteiger partial charge >= 0.3 is 0 Å². The van der Waals surface area contributed by atoms with E-state index in [2.05, 4.69) is 11.4 Å². The number of hydrogen-bond acceptors (Lipinski definition) is 1. The summed E-state index contributed by atoms with van der Waals surface area (Å²) in [6, 6.07) is 0. The van der Waals surface area contributed by atoms with Crippen LogP contribution < -0.4 is 5.32 Å². The molecule has 0 spiro atoms. The van der Waals surface area contributed by atoms with Crippen molar-refractivity contribution in [3.8, 4) is 0 Å². The van der Waals surface area contributed by atoms with E-state index in [4.69, 9.17) is 11.6 Å². The zero-order chi connectivity index (χ0) is 7.23. The zero-order valence-corrected chi connectivity index (χ0v) is 7.85. The fraction of sp³-hybridized carbons (Fsp3) is 0.143.